The number of carbonyl (C=O) groups excluding carboxylic acids is 5. The van der Waals surface area contributed by atoms with Crippen LogP contribution in [0.1, 0.15) is 85.6 Å². The van der Waals surface area contributed by atoms with Gasteiger partial charge in [0.1, 0.15) is 6.04 Å². The quantitative estimate of drug-likeness (QED) is 0.0901. The van der Waals surface area contributed by atoms with E-state index in [1.165, 1.54) is 14.2 Å². The molecular weight excluding hydrogens is 748 g/mol. The minimum Gasteiger partial charge on any atom is -0.483 e. The van der Waals surface area contributed by atoms with Crippen molar-refractivity contribution in [1.29, 1.82) is 0 Å². The molecule has 4 amide bonds. The van der Waals surface area contributed by atoms with Gasteiger partial charge in [-0.05, 0) is 82.8 Å². The van der Waals surface area contributed by atoms with Gasteiger partial charge in [0.05, 0.1) is 49.3 Å². The molecule has 0 spiro atoms. The van der Waals surface area contributed by atoms with Gasteiger partial charge in [-0.25, -0.2) is 4.79 Å². The van der Waals surface area contributed by atoms with Crippen molar-refractivity contribution in [3.05, 3.63) is 29.8 Å². The number of nitrogens with zero attached hydrogens (tertiary/aromatic N) is 3. The monoisotopic (exact) mass is 819 g/mol. The molecule has 58 heavy (non-hydrogen) atoms. The van der Waals surface area contributed by atoms with Gasteiger partial charge >= 0.3 is 5.97 Å². The number of methoxy groups -OCH3 is 3. The Morgan fingerprint density at radius 1 is 1.02 bits per heavy atom. The van der Waals surface area contributed by atoms with Crippen molar-refractivity contribution in [2.75, 3.05) is 54.2 Å². The van der Waals surface area contributed by atoms with Crippen LogP contribution in [0.2, 0.25) is 0 Å². The van der Waals surface area contributed by atoms with Crippen LogP contribution in [0.5, 0.6) is 0 Å². The number of nitrogen functional groups attached to an aromatic ring is 1. The molecule has 9 atom stereocenters. The number of amides is 4. The number of nitrogens with one attached hydrogen (secondary N) is 2. The molecule has 0 bridgehead atoms. The lowest BCUT2D eigenvalue weighted by molar-refractivity contribution is -0.147. The van der Waals surface area contributed by atoms with Crippen LogP contribution >= 0.6 is 0 Å². The zero-order valence-corrected chi connectivity index (χ0v) is 36.5. The highest BCUT2D eigenvalue weighted by molar-refractivity contribution is 6.02. The highest BCUT2D eigenvalue weighted by Crippen LogP contribution is 2.31. The SMILES string of the molecule is CC[C@H](C)[C@@H]([C@@H](CC(=O)N1CCC[C@H]1[C@H](OC)[C@@H](C)C(=O)N[C@@H](Cc1ccc(N)cc1)C(=O)OC)OC)N(C)[C@H](C(=O)NC(=O)[C@]1(C)CCCN1C)C(C)C.O=CO. The third-order valence-corrected chi connectivity index (χ3v) is 12.2. The Morgan fingerprint density at radius 2 is 1.64 bits per heavy atom. The topological polar surface area (TPSA) is 210 Å². The molecule has 2 aliphatic rings. The van der Waals surface area contributed by atoms with E-state index in [1.54, 1.807) is 43.2 Å². The van der Waals surface area contributed by atoms with Gasteiger partial charge in [0, 0.05) is 38.9 Å². The number of hydrogen-bond donors (Lipinski definition) is 4. The smallest absolute Gasteiger partial charge is 0.328 e. The number of anilines is 1. The third kappa shape index (κ3) is 12.7. The minimum absolute atomic E-state index is 0.0341. The Kier molecular flexibility index (Phi) is 20.2. The zero-order valence-electron chi connectivity index (χ0n) is 36.5. The van der Waals surface area contributed by atoms with Gasteiger partial charge in [-0.1, -0.05) is 53.2 Å². The molecule has 2 heterocycles. The lowest BCUT2D eigenvalue weighted by atomic mass is 9.87. The predicted octanol–water partition coefficient (Wildman–Crippen LogP) is 2.72. The average Bonchev–Trinajstić information content (AvgIpc) is 3.81. The van der Waals surface area contributed by atoms with Gasteiger partial charge in [0.25, 0.3) is 6.47 Å². The van der Waals surface area contributed by atoms with Crippen LogP contribution in [0, 0.1) is 17.8 Å². The van der Waals surface area contributed by atoms with Crippen molar-refractivity contribution in [1.82, 2.24) is 25.3 Å². The first-order chi connectivity index (χ1) is 27.4. The van der Waals surface area contributed by atoms with Crippen molar-refractivity contribution in [3.63, 3.8) is 0 Å². The van der Waals surface area contributed by atoms with E-state index in [0.717, 1.165) is 31.4 Å². The molecule has 2 saturated heterocycles. The predicted molar refractivity (Wildman–Crippen MR) is 220 cm³/mol. The van der Waals surface area contributed by atoms with Crippen LogP contribution in [0.3, 0.4) is 0 Å². The number of ether oxygens (including phenoxy) is 3. The molecule has 0 aromatic heterocycles. The van der Waals surface area contributed by atoms with Crippen LogP contribution in [-0.4, -0.2) is 146 Å². The average molecular weight is 819 g/mol. The molecule has 0 radical (unpaired) electrons. The second-order valence-electron chi connectivity index (χ2n) is 16.2. The summed E-state index contributed by atoms with van der Waals surface area (Å²) in [5.41, 5.74) is 6.47. The minimum atomic E-state index is -0.929. The Balaban J connectivity index is 0.00000374. The van der Waals surface area contributed by atoms with Crippen LogP contribution in [-0.2, 0) is 49.4 Å². The fourth-order valence-corrected chi connectivity index (χ4v) is 8.57. The largest absolute Gasteiger partial charge is 0.483 e. The van der Waals surface area contributed by atoms with E-state index >= 15 is 0 Å². The Morgan fingerprint density at radius 3 is 2.14 bits per heavy atom. The molecule has 0 saturated carbocycles. The Bertz CT molecular complexity index is 1510. The maximum atomic E-state index is 14.3. The highest BCUT2D eigenvalue weighted by atomic mass is 16.5. The Labute approximate surface area is 344 Å². The summed E-state index contributed by atoms with van der Waals surface area (Å²) in [4.78, 5) is 82.2. The van der Waals surface area contributed by atoms with E-state index in [1.807, 2.05) is 44.7 Å². The molecule has 16 heteroatoms. The second-order valence-corrected chi connectivity index (χ2v) is 16.2. The Hall–Kier alpha value is -4.12. The molecule has 2 aliphatic heterocycles. The number of esters is 1. The van der Waals surface area contributed by atoms with Crippen molar-refractivity contribution >= 4 is 41.8 Å². The normalized spacial score (nSPS) is 21.8. The van der Waals surface area contributed by atoms with Crippen molar-refractivity contribution in [3.8, 4) is 0 Å². The molecular formula is C42H70N6O10. The number of benzene rings is 1. The van der Waals surface area contributed by atoms with Crippen molar-refractivity contribution in [2.24, 2.45) is 17.8 Å². The van der Waals surface area contributed by atoms with E-state index in [2.05, 4.69) is 24.5 Å². The number of likely N-dealkylation sites (N-methyl/N-ethyl adjacent to an activating group) is 2. The molecule has 16 nitrogen and oxygen atoms in total. The lowest BCUT2D eigenvalue weighted by Gasteiger charge is -2.43. The summed E-state index contributed by atoms with van der Waals surface area (Å²) in [6, 6.07) is 4.75. The molecule has 0 unspecified atom stereocenters. The molecule has 2 fully saturated rings. The molecule has 3 rings (SSSR count). The van der Waals surface area contributed by atoms with Gasteiger partial charge in [-0.3, -0.25) is 39.1 Å². The summed E-state index contributed by atoms with van der Waals surface area (Å²) in [7, 11) is 8.17. The summed E-state index contributed by atoms with van der Waals surface area (Å²) in [5, 5.41) is 12.5. The van der Waals surface area contributed by atoms with Gasteiger partial charge in [-0.2, -0.15) is 0 Å². The maximum Gasteiger partial charge on any atom is 0.328 e. The number of carboxylic acid groups (broad SMARTS) is 1. The first-order valence-corrected chi connectivity index (χ1v) is 20.3. The number of carbonyl (C=O) groups is 6. The number of imide groups is 1. The van der Waals surface area contributed by atoms with Gasteiger partial charge in [0.15, 0.2) is 0 Å². The van der Waals surface area contributed by atoms with E-state index in [-0.39, 0.29) is 61.0 Å². The fraction of sp³-hybridized carbons (Fsp3) is 0.714. The van der Waals surface area contributed by atoms with Crippen LogP contribution in [0.4, 0.5) is 5.69 Å². The van der Waals surface area contributed by atoms with E-state index in [0.29, 0.717) is 25.1 Å². The number of rotatable bonds is 19. The van der Waals surface area contributed by atoms with E-state index < -0.39 is 47.6 Å². The van der Waals surface area contributed by atoms with Crippen molar-refractivity contribution < 1.29 is 48.1 Å². The molecule has 328 valence electrons. The number of hydrogen-bond acceptors (Lipinski definition) is 12. The fourth-order valence-electron chi connectivity index (χ4n) is 8.57. The lowest BCUT2D eigenvalue weighted by Crippen LogP contribution is -2.61. The third-order valence-electron chi connectivity index (χ3n) is 12.2. The summed E-state index contributed by atoms with van der Waals surface area (Å²) in [6.45, 7) is 12.7. The highest BCUT2D eigenvalue weighted by Gasteiger charge is 2.46. The number of likely N-dealkylation sites (tertiary alicyclic amines) is 2. The van der Waals surface area contributed by atoms with E-state index in [4.69, 9.17) is 29.8 Å². The second kappa shape index (κ2) is 23.5. The van der Waals surface area contributed by atoms with Crippen LogP contribution < -0.4 is 16.4 Å². The van der Waals surface area contributed by atoms with Crippen LogP contribution in [0.15, 0.2) is 24.3 Å². The van der Waals surface area contributed by atoms with Gasteiger partial charge in [0.2, 0.25) is 23.6 Å². The molecule has 5 N–H and O–H groups in total. The molecule has 1 aromatic carbocycles. The maximum absolute atomic E-state index is 14.3. The molecule has 1 aromatic rings. The number of nitrogens with two attached hydrogens (primary N) is 1. The first-order valence-electron chi connectivity index (χ1n) is 20.3. The standard InChI is InChI=1S/C41H68N6O8.CH2O2/c1-12-26(4)35(46(8)34(25(2)3)38(50)44-40(52)41(6)20-14-21-45(41)7)32(53-9)24-33(48)47-22-13-15-31(47)36(54-10)27(5)37(49)43-30(39(51)55-11)23-28-16-18-29(42)19-17-28;2-1-3/h16-19,25-27,30-32,34-36H,12-15,20-24,42H2,1-11H3,(H,43,49)(H,44,50,52);1H,(H,2,3)/t26-,27+,30-,31-,32+,34-,35-,36+,41-;/m0./s1. The van der Waals surface area contributed by atoms with Crippen LogP contribution in [0.25, 0.3) is 0 Å². The molecule has 0 aliphatic carbocycles. The first kappa shape index (κ1) is 50.0. The summed E-state index contributed by atoms with van der Waals surface area (Å²) in [6.07, 6.45) is 2.74. The summed E-state index contributed by atoms with van der Waals surface area (Å²) < 4.78 is 17.0. The van der Waals surface area contributed by atoms with Crippen molar-refractivity contribution in [2.45, 2.75) is 128 Å². The zero-order chi connectivity index (χ0) is 43.9. The van der Waals surface area contributed by atoms with Gasteiger partial charge < -0.3 is 35.3 Å². The summed E-state index contributed by atoms with van der Waals surface area (Å²) >= 11 is 0. The summed E-state index contributed by atoms with van der Waals surface area (Å²) in [5.74, 6) is -2.59. The van der Waals surface area contributed by atoms with E-state index in [9.17, 15) is 24.0 Å². The van der Waals surface area contributed by atoms with Gasteiger partial charge in [-0.15, -0.1) is 0 Å².